The fraction of sp³-hybridized carbons (Fsp3) is 1.00. The van der Waals surface area contributed by atoms with Crippen LogP contribution in [0.5, 0.6) is 0 Å². The predicted octanol–water partition coefficient (Wildman–Crippen LogP) is 6.77. The van der Waals surface area contributed by atoms with Gasteiger partial charge in [0.05, 0.1) is 0 Å². The van der Waals surface area contributed by atoms with Gasteiger partial charge in [-0.1, -0.05) is 34.1 Å². The summed E-state index contributed by atoms with van der Waals surface area (Å²) in [7, 11) is 4.61. The first-order chi connectivity index (χ1) is 12.5. The van der Waals surface area contributed by atoms with Crippen LogP contribution in [0.25, 0.3) is 0 Å². The molecule has 5 fully saturated rings. The van der Waals surface area contributed by atoms with Gasteiger partial charge in [-0.2, -0.15) is 0 Å². The molecule has 5 rings (SSSR count). The summed E-state index contributed by atoms with van der Waals surface area (Å²) in [4.78, 5) is 2.51. The van der Waals surface area contributed by atoms with E-state index in [1.807, 2.05) is 0 Å². The van der Waals surface area contributed by atoms with Crippen LogP contribution in [-0.2, 0) is 0 Å². The maximum atomic E-state index is 2.77. The van der Waals surface area contributed by atoms with Crippen LogP contribution >= 0.6 is 0 Å². The highest BCUT2D eigenvalue weighted by atomic mass is 15.1. The van der Waals surface area contributed by atoms with Crippen LogP contribution in [0.15, 0.2) is 0 Å². The highest BCUT2D eigenvalue weighted by Crippen LogP contribution is 2.88. The third-order valence-electron chi connectivity index (χ3n) is 12.3. The first-order valence-electron chi connectivity index (χ1n) is 12.2. The standard InChI is InChI=1S/C26H45N/c1-18(27(6)7)19-11-14-24(5)21-10-9-20-22(2,3)12-8-13-25(20)17-26(21,25)16-15-23(19,24)4/h18-21H,8-17H2,1-7H3/t18?,19?,20?,21?,23-,24+,25?,26?/m1/s1. The summed E-state index contributed by atoms with van der Waals surface area (Å²) in [5.74, 6) is 2.94. The Morgan fingerprint density at radius 1 is 0.741 bits per heavy atom. The maximum absolute atomic E-state index is 2.77. The molecule has 5 aliphatic carbocycles. The van der Waals surface area contributed by atoms with E-state index in [0.717, 1.165) is 34.6 Å². The molecule has 2 spiro atoms. The SMILES string of the molecule is CC(C1CC[C@@]2(C)C3CCC4C(C)(C)CCCC45CC35CC[C@]12C)N(C)C. The van der Waals surface area contributed by atoms with Gasteiger partial charge in [-0.3, -0.25) is 0 Å². The molecule has 154 valence electrons. The van der Waals surface area contributed by atoms with Crippen LogP contribution in [0, 0.1) is 44.8 Å². The van der Waals surface area contributed by atoms with Crippen LogP contribution in [0.2, 0.25) is 0 Å². The van der Waals surface area contributed by atoms with Crippen molar-refractivity contribution in [2.24, 2.45) is 44.8 Å². The fourth-order valence-corrected chi connectivity index (χ4v) is 10.6. The summed E-state index contributed by atoms with van der Waals surface area (Å²) < 4.78 is 0. The molecule has 0 radical (unpaired) electrons. The lowest BCUT2D eigenvalue weighted by Crippen LogP contribution is -2.57. The van der Waals surface area contributed by atoms with E-state index in [1.54, 1.807) is 32.1 Å². The number of fused-ring (bicyclic) bond motifs is 2. The topological polar surface area (TPSA) is 3.24 Å². The molecule has 0 N–H and O–H groups in total. The van der Waals surface area contributed by atoms with Gasteiger partial charge in [-0.15, -0.1) is 0 Å². The van der Waals surface area contributed by atoms with Gasteiger partial charge < -0.3 is 4.90 Å². The Kier molecular flexibility index (Phi) is 3.76. The molecule has 0 saturated heterocycles. The third kappa shape index (κ3) is 2.02. The molecule has 0 aliphatic heterocycles. The van der Waals surface area contributed by atoms with Gasteiger partial charge in [0.25, 0.3) is 0 Å². The second kappa shape index (κ2) is 5.35. The lowest BCUT2D eigenvalue weighted by atomic mass is 9.42. The molecule has 0 bridgehead atoms. The summed E-state index contributed by atoms with van der Waals surface area (Å²) in [6.07, 6.45) is 15.3. The Balaban J connectivity index is 1.51. The average Bonchev–Trinajstić information content (AvgIpc) is 3.16. The fourth-order valence-electron chi connectivity index (χ4n) is 10.6. The van der Waals surface area contributed by atoms with E-state index in [-0.39, 0.29) is 0 Å². The van der Waals surface area contributed by atoms with Crippen molar-refractivity contribution in [2.75, 3.05) is 14.1 Å². The first kappa shape index (κ1) is 19.0. The molecule has 5 aliphatic rings. The van der Waals surface area contributed by atoms with Crippen LogP contribution in [0.1, 0.15) is 98.8 Å². The van der Waals surface area contributed by atoms with E-state index in [4.69, 9.17) is 0 Å². The van der Waals surface area contributed by atoms with E-state index in [1.165, 1.54) is 32.1 Å². The minimum absolute atomic E-state index is 0.563. The second-order valence-electron chi connectivity index (χ2n) is 13.2. The maximum Gasteiger partial charge on any atom is 0.00945 e. The van der Waals surface area contributed by atoms with Crippen molar-refractivity contribution in [3.8, 4) is 0 Å². The summed E-state index contributed by atoms with van der Waals surface area (Å²) in [6, 6.07) is 0.726. The monoisotopic (exact) mass is 371 g/mol. The van der Waals surface area contributed by atoms with Crippen LogP contribution < -0.4 is 0 Å². The number of hydrogen-bond donors (Lipinski definition) is 0. The molecule has 0 heterocycles. The second-order valence-corrected chi connectivity index (χ2v) is 13.2. The molecule has 1 nitrogen and oxygen atoms in total. The molecular formula is C26H45N. The van der Waals surface area contributed by atoms with Crippen LogP contribution in [0.3, 0.4) is 0 Å². The van der Waals surface area contributed by atoms with E-state index >= 15 is 0 Å². The summed E-state index contributed by atoms with van der Waals surface area (Å²) in [5, 5.41) is 0. The first-order valence-corrected chi connectivity index (χ1v) is 12.2. The number of rotatable bonds is 2. The Morgan fingerprint density at radius 3 is 2.11 bits per heavy atom. The largest absolute Gasteiger partial charge is 0.306 e. The molecule has 0 aromatic heterocycles. The summed E-state index contributed by atoms with van der Waals surface area (Å²) >= 11 is 0. The minimum Gasteiger partial charge on any atom is -0.306 e. The normalized spacial score (nSPS) is 56.7. The highest BCUT2D eigenvalue weighted by Gasteiger charge is 2.81. The van der Waals surface area contributed by atoms with E-state index in [9.17, 15) is 0 Å². The van der Waals surface area contributed by atoms with Gasteiger partial charge in [0, 0.05) is 6.04 Å². The van der Waals surface area contributed by atoms with Crippen molar-refractivity contribution in [1.29, 1.82) is 0 Å². The van der Waals surface area contributed by atoms with Crippen molar-refractivity contribution in [1.82, 2.24) is 4.90 Å². The van der Waals surface area contributed by atoms with Crippen molar-refractivity contribution >= 4 is 0 Å². The molecular weight excluding hydrogens is 326 g/mol. The van der Waals surface area contributed by atoms with Gasteiger partial charge in [0.15, 0.2) is 0 Å². The zero-order valence-electron chi connectivity index (χ0n) is 19.3. The van der Waals surface area contributed by atoms with Crippen LogP contribution in [0.4, 0.5) is 0 Å². The Morgan fingerprint density at radius 2 is 1.41 bits per heavy atom. The molecule has 0 amide bonds. The summed E-state index contributed by atoms with van der Waals surface area (Å²) in [5.41, 5.74) is 3.26. The van der Waals surface area contributed by atoms with Gasteiger partial charge in [-0.05, 0) is 124 Å². The van der Waals surface area contributed by atoms with Gasteiger partial charge in [0.2, 0.25) is 0 Å². The van der Waals surface area contributed by atoms with Gasteiger partial charge >= 0.3 is 0 Å². The highest BCUT2D eigenvalue weighted by molar-refractivity contribution is 5.30. The lowest BCUT2D eigenvalue weighted by molar-refractivity contribution is -0.142. The smallest absolute Gasteiger partial charge is 0.00945 e. The lowest BCUT2D eigenvalue weighted by Gasteiger charge is -2.63. The predicted molar refractivity (Wildman–Crippen MR) is 115 cm³/mol. The molecule has 0 aromatic carbocycles. The average molecular weight is 372 g/mol. The molecule has 6 unspecified atom stereocenters. The Bertz CT molecular complexity index is 636. The third-order valence-corrected chi connectivity index (χ3v) is 12.3. The van der Waals surface area contributed by atoms with Crippen molar-refractivity contribution < 1.29 is 0 Å². The molecule has 27 heavy (non-hydrogen) atoms. The van der Waals surface area contributed by atoms with Gasteiger partial charge in [0.1, 0.15) is 0 Å². The quantitative estimate of drug-likeness (QED) is 0.518. The molecule has 8 atom stereocenters. The van der Waals surface area contributed by atoms with E-state index < -0.39 is 0 Å². The number of hydrogen-bond acceptors (Lipinski definition) is 1. The summed E-state index contributed by atoms with van der Waals surface area (Å²) in [6.45, 7) is 13.2. The van der Waals surface area contributed by atoms with Gasteiger partial charge in [-0.25, -0.2) is 0 Å². The zero-order valence-corrected chi connectivity index (χ0v) is 19.3. The molecule has 0 aromatic rings. The van der Waals surface area contributed by atoms with E-state index in [2.05, 4.69) is 53.6 Å². The molecule has 1 heteroatoms. The van der Waals surface area contributed by atoms with Crippen LogP contribution in [-0.4, -0.2) is 25.0 Å². The van der Waals surface area contributed by atoms with Crippen molar-refractivity contribution in [3.05, 3.63) is 0 Å². The van der Waals surface area contributed by atoms with E-state index in [0.29, 0.717) is 16.2 Å². The Labute approximate surface area is 169 Å². The number of nitrogens with zero attached hydrogens (tertiary/aromatic N) is 1. The minimum atomic E-state index is 0.563. The zero-order chi connectivity index (χ0) is 19.5. The van der Waals surface area contributed by atoms with Crippen molar-refractivity contribution in [3.63, 3.8) is 0 Å². The van der Waals surface area contributed by atoms with Crippen molar-refractivity contribution in [2.45, 2.75) is 105 Å². The Hall–Kier alpha value is -0.0400. The molecule has 5 saturated carbocycles.